The molecular formula is C62H40. The van der Waals surface area contributed by atoms with Crippen molar-refractivity contribution in [2.24, 2.45) is 0 Å². The average Bonchev–Trinajstić information content (AvgIpc) is 3.36. The molecule has 0 N–H and O–H groups in total. The van der Waals surface area contributed by atoms with Crippen LogP contribution in [0, 0.1) is 0 Å². The molecule has 0 heterocycles. The molecule has 62 heavy (non-hydrogen) atoms. The first kappa shape index (κ1) is 35.8. The lowest BCUT2D eigenvalue weighted by atomic mass is 9.85. The lowest BCUT2D eigenvalue weighted by molar-refractivity contribution is 1.58. The molecule has 0 bridgehead atoms. The zero-order valence-corrected chi connectivity index (χ0v) is 34.1. The maximum absolute atomic E-state index is 2.42. The highest BCUT2D eigenvalue weighted by atomic mass is 14.2. The molecule has 0 aromatic heterocycles. The molecule has 0 spiro atoms. The van der Waals surface area contributed by atoms with Gasteiger partial charge in [0.2, 0.25) is 0 Å². The van der Waals surface area contributed by atoms with Gasteiger partial charge in [0.15, 0.2) is 0 Å². The van der Waals surface area contributed by atoms with Gasteiger partial charge in [0, 0.05) is 0 Å². The van der Waals surface area contributed by atoms with Crippen LogP contribution >= 0.6 is 0 Å². The molecule has 0 radical (unpaired) electrons. The molecule has 0 aliphatic carbocycles. The van der Waals surface area contributed by atoms with Crippen LogP contribution in [0.25, 0.3) is 121 Å². The van der Waals surface area contributed by atoms with Gasteiger partial charge in [-0.3, -0.25) is 0 Å². The summed E-state index contributed by atoms with van der Waals surface area (Å²) in [6, 6.07) is 89.2. The van der Waals surface area contributed by atoms with E-state index in [0.29, 0.717) is 0 Å². The Bertz CT molecular complexity index is 3430. The molecule has 0 unspecified atom stereocenters. The molecule has 12 aromatic carbocycles. The normalized spacial score (nSPS) is 11.5. The van der Waals surface area contributed by atoms with E-state index in [0.717, 1.165) is 0 Å². The minimum absolute atomic E-state index is 1.21. The molecule has 0 saturated carbocycles. The Kier molecular flexibility index (Phi) is 8.61. The fourth-order valence-corrected chi connectivity index (χ4v) is 9.80. The van der Waals surface area contributed by atoms with Crippen LogP contribution < -0.4 is 0 Å². The fraction of sp³-hybridized carbons (Fsp3) is 0. The summed E-state index contributed by atoms with van der Waals surface area (Å²) in [5.74, 6) is 0. The van der Waals surface area contributed by atoms with E-state index in [9.17, 15) is 0 Å². The van der Waals surface area contributed by atoms with Crippen LogP contribution in [-0.2, 0) is 0 Å². The summed E-state index contributed by atoms with van der Waals surface area (Å²) in [6.07, 6.45) is 0. The highest BCUT2D eigenvalue weighted by molar-refractivity contribution is 6.39. The zero-order chi connectivity index (χ0) is 41.0. The van der Waals surface area contributed by atoms with Crippen molar-refractivity contribution in [3.05, 3.63) is 243 Å². The molecule has 12 rings (SSSR count). The maximum atomic E-state index is 2.42. The van der Waals surface area contributed by atoms with Crippen molar-refractivity contribution in [2.75, 3.05) is 0 Å². The molecule has 0 aliphatic rings. The third-order valence-corrected chi connectivity index (χ3v) is 12.8. The van der Waals surface area contributed by atoms with Crippen LogP contribution in [0.2, 0.25) is 0 Å². The molecule has 0 heteroatoms. The van der Waals surface area contributed by atoms with Crippen molar-refractivity contribution in [3.63, 3.8) is 0 Å². The predicted octanol–water partition coefficient (Wildman–Crippen LogP) is 17.5. The molecule has 0 saturated heterocycles. The summed E-state index contributed by atoms with van der Waals surface area (Å²) in [5.41, 5.74) is 14.6. The van der Waals surface area contributed by atoms with Gasteiger partial charge >= 0.3 is 0 Å². The van der Waals surface area contributed by atoms with Crippen LogP contribution in [0.1, 0.15) is 0 Å². The summed E-state index contributed by atoms with van der Waals surface area (Å²) in [5, 5.41) is 12.8. The van der Waals surface area contributed by atoms with Gasteiger partial charge in [0.25, 0.3) is 0 Å². The van der Waals surface area contributed by atoms with E-state index < -0.39 is 0 Å². The van der Waals surface area contributed by atoms with E-state index >= 15 is 0 Å². The molecule has 288 valence electrons. The number of fused-ring (bicyclic) bond motifs is 11. The number of hydrogen-bond donors (Lipinski definition) is 0. The first-order chi connectivity index (χ1) is 30.7. The molecule has 0 atom stereocenters. The Morgan fingerprint density at radius 3 is 0.710 bits per heavy atom. The van der Waals surface area contributed by atoms with E-state index in [2.05, 4.69) is 243 Å². The van der Waals surface area contributed by atoms with E-state index in [-0.39, 0.29) is 0 Å². The first-order valence-corrected chi connectivity index (χ1v) is 21.5. The van der Waals surface area contributed by atoms with Crippen LogP contribution in [0.5, 0.6) is 0 Å². The largest absolute Gasteiger partial charge is 0.0622 e. The van der Waals surface area contributed by atoms with Crippen LogP contribution in [-0.4, -0.2) is 0 Å². The molecule has 12 aromatic rings. The number of benzene rings is 12. The van der Waals surface area contributed by atoms with Gasteiger partial charge in [-0.15, -0.1) is 0 Å². The Morgan fingerprint density at radius 1 is 0.129 bits per heavy atom. The van der Waals surface area contributed by atoms with Gasteiger partial charge < -0.3 is 0 Å². The summed E-state index contributed by atoms with van der Waals surface area (Å²) in [7, 11) is 0. The molecule has 0 aliphatic heterocycles. The Labute approximate surface area is 361 Å². The van der Waals surface area contributed by atoms with Crippen molar-refractivity contribution in [2.45, 2.75) is 0 Å². The molecule has 0 amide bonds. The highest BCUT2D eigenvalue weighted by Crippen LogP contribution is 2.46. The predicted molar refractivity (Wildman–Crippen MR) is 267 cm³/mol. The smallest absolute Gasteiger partial charge is 0.00139 e. The standard InChI is InChI=1S/C62H40/c1-3-15-41(16-4-1)43-19-11-21-45(35-43)47-23-13-25-49(37-47)51-31-33-57-59(39-51)53-27-7-9-29-55(53)62-58-34-32-52(40-60(58)54-28-8-10-30-56(54)61(57)62)50-26-14-24-48(38-50)46-22-12-20-44(36-46)42-17-5-2-6-18-42/h1-40H. The second-order valence-corrected chi connectivity index (χ2v) is 16.4. The quantitative estimate of drug-likeness (QED) is 0.147. The third kappa shape index (κ3) is 6.16. The van der Waals surface area contributed by atoms with Gasteiger partial charge in [-0.25, -0.2) is 0 Å². The highest BCUT2D eigenvalue weighted by Gasteiger charge is 2.17. The van der Waals surface area contributed by atoms with Gasteiger partial charge in [0.1, 0.15) is 0 Å². The van der Waals surface area contributed by atoms with Crippen LogP contribution in [0.3, 0.4) is 0 Å². The first-order valence-electron chi connectivity index (χ1n) is 21.5. The number of hydrogen-bond acceptors (Lipinski definition) is 0. The third-order valence-electron chi connectivity index (χ3n) is 12.8. The summed E-state index contributed by atoms with van der Waals surface area (Å²) in [6.45, 7) is 0. The van der Waals surface area contributed by atoms with E-state index in [1.54, 1.807) is 0 Å². The SMILES string of the molecule is c1ccc(-c2cccc(-c3cccc(-c4ccc5c(c4)c4ccccc4c4c6ccc(-c7cccc(-c8cccc(-c9ccccc9)c8)c7)cc6c6ccccc6c54)c3)c2)cc1. The van der Waals surface area contributed by atoms with Crippen molar-refractivity contribution in [3.8, 4) is 66.8 Å². The molecule has 0 fully saturated rings. The average molecular weight is 785 g/mol. The topological polar surface area (TPSA) is 0 Å². The minimum atomic E-state index is 1.21. The summed E-state index contributed by atoms with van der Waals surface area (Å²) in [4.78, 5) is 0. The summed E-state index contributed by atoms with van der Waals surface area (Å²) >= 11 is 0. The summed E-state index contributed by atoms with van der Waals surface area (Å²) < 4.78 is 0. The monoisotopic (exact) mass is 784 g/mol. The van der Waals surface area contributed by atoms with Crippen molar-refractivity contribution < 1.29 is 0 Å². The van der Waals surface area contributed by atoms with Gasteiger partial charge in [-0.05, 0) is 157 Å². The zero-order valence-electron chi connectivity index (χ0n) is 34.1. The second kappa shape index (κ2) is 14.9. The van der Waals surface area contributed by atoms with Crippen molar-refractivity contribution in [1.29, 1.82) is 0 Å². The minimum Gasteiger partial charge on any atom is -0.0622 e. The Hall–Kier alpha value is -8.06. The van der Waals surface area contributed by atoms with Gasteiger partial charge in [-0.1, -0.05) is 206 Å². The van der Waals surface area contributed by atoms with Crippen LogP contribution in [0.4, 0.5) is 0 Å². The van der Waals surface area contributed by atoms with Crippen LogP contribution in [0.15, 0.2) is 243 Å². The second-order valence-electron chi connectivity index (χ2n) is 16.4. The van der Waals surface area contributed by atoms with E-state index in [1.165, 1.54) is 121 Å². The Morgan fingerprint density at radius 2 is 0.371 bits per heavy atom. The number of rotatable bonds is 6. The van der Waals surface area contributed by atoms with E-state index in [4.69, 9.17) is 0 Å². The lowest BCUT2D eigenvalue weighted by Crippen LogP contribution is -1.90. The maximum Gasteiger partial charge on any atom is -0.00139 e. The van der Waals surface area contributed by atoms with Crippen molar-refractivity contribution >= 4 is 53.9 Å². The van der Waals surface area contributed by atoms with Gasteiger partial charge in [0.05, 0.1) is 0 Å². The molecular weight excluding hydrogens is 745 g/mol. The molecule has 0 nitrogen and oxygen atoms in total. The Balaban J connectivity index is 0.998. The van der Waals surface area contributed by atoms with Crippen molar-refractivity contribution in [1.82, 2.24) is 0 Å². The fourth-order valence-electron chi connectivity index (χ4n) is 9.80. The van der Waals surface area contributed by atoms with E-state index in [1.807, 2.05) is 0 Å². The van der Waals surface area contributed by atoms with Gasteiger partial charge in [-0.2, -0.15) is 0 Å². The lowest BCUT2D eigenvalue weighted by Gasteiger charge is -2.18.